The fourth-order valence-corrected chi connectivity index (χ4v) is 2.19. The van der Waals surface area contributed by atoms with Crippen LogP contribution in [0.2, 0.25) is 0 Å². The molecule has 1 aromatic heterocycles. The maximum atomic E-state index is 11.4. The third-order valence-electron chi connectivity index (χ3n) is 1.86. The van der Waals surface area contributed by atoms with Crippen molar-refractivity contribution in [2.45, 2.75) is 6.92 Å². The van der Waals surface area contributed by atoms with Crippen LogP contribution in [0.4, 0.5) is 5.00 Å². The zero-order valence-electron chi connectivity index (χ0n) is 9.33. The predicted molar refractivity (Wildman–Crippen MR) is 61.2 cm³/mol. The lowest BCUT2D eigenvalue weighted by Gasteiger charge is -1.98. The lowest BCUT2D eigenvalue weighted by atomic mass is 10.2. The molecule has 0 bridgehead atoms. The van der Waals surface area contributed by atoms with Gasteiger partial charge < -0.3 is 14.8 Å². The Hall–Kier alpha value is -1.56. The monoisotopic (exact) mass is 243 g/mol. The highest BCUT2D eigenvalue weighted by Crippen LogP contribution is 2.28. The van der Waals surface area contributed by atoms with Crippen LogP contribution < -0.4 is 5.32 Å². The molecule has 1 N–H and O–H groups in total. The van der Waals surface area contributed by atoms with Crippen LogP contribution in [0.1, 0.15) is 27.0 Å². The number of esters is 2. The number of thiophene rings is 1. The molecule has 1 heterocycles. The van der Waals surface area contributed by atoms with Crippen LogP contribution >= 0.6 is 11.3 Å². The first kappa shape index (κ1) is 12.5. The maximum Gasteiger partial charge on any atom is 0.349 e. The average Bonchev–Trinajstić information content (AvgIpc) is 2.71. The van der Waals surface area contributed by atoms with Crippen molar-refractivity contribution in [1.29, 1.82) is 0 Å². The SMILES string of the molecule is CCNc1cc(C(=O)OC)c(C(=O)OC)s1. The van der Waals surface area contributed by atoms with E-state index in [-0.39, 0.29) is 10.4 Å². The zero-order valence-corrected chi connectivity index (χ0v) is 10.1. The fourth-order valence-electron chi connectivity index (χ4n) is 1.16. The Balaban J connectivity index is 3.12. The molecule has 0 aliphatic rings. The van der Waals surface area contributed by atoms with Gasteiger partial charge in [0, 0.05) is 6.54 Å². The highest BCUT2D eigenvalue weighted by atomic mass is 32.1. The van der Waals surface area contributed by atoms with Gasteiger partial charge in [-0.1, -0.05) is 0 Å². The number of hydrogen-bond donors (Lipinski definition) is 1. The van der Waals surface area contributed by atoms with Crippen molar-refractivity contribution in [3.63, 3.8) is 0 Å². The molecule has 0 spiro atoms. The average molecular weight is 243 g/mol. The molecule has 0 amide bonds. The number of carbonyl (C=O) groups excluding carboxylic acids is 2. The van der Waals surface area contributed by atoms with Crippen LogP contribution in [-0.4, -0.2) is 32.7 Å². The van der Waals surface area contributed by atoms with Crippen molar-refractivity contribution < 1.29 is 19.1 Å². The van der Waals surface area contributed by atoms with Gasteiger partial charge in [0.1, 0.15) is 4.88 Å². The second-order valence-corrected chi connectivity index (χ2v) is 3.92. The smallest absolute Gasteiger partial charge is 0.349 e. The molecule has 16 heavy (non-hydrogen) atoms. The molecule has 0 fully saturated rings. The van der Waals surface area contributed by atoms with Crippen LogP contribution in [-0.2, 0) is 9.47 Å². The van der Waals surface area contributed by atoms with Gasteiger partial charge in [0.2, 0.25) is 0 Å². The summed E-state index contributed by atoms with van der Waals surface area (Å²) in [5, 5.41) is 3.77. The van der Waals surface area contributed by atoms with E-state index in [2.05, 4.69) is 14.8 Å². The first-order chi connectivity index (χ1) is 7.63. The van der Waals surface area contributed by atoms with E-state index in [1.807, 2.05) is 6.92 Å². The topological polar surface area (TPSA) is 64.6 Å². The number of ether oxygens (including phenoxy) is 2. The summed E-state index contributed by atoms with van der Waals surface area (Å²) in [6.07, 6.45) is 0. The summed E-state index contributed by atoms with van der Waals surface area (Å²) in [4.78, 5) is 23.1. The summed E-state index contributed by atoms with van der Waals surface area (Å²) in [5.74, 6) is -1.07. The van der Waals surface area contributed by atoms with Gasteiger partial charge in [-0.2, -0.15) is 0 Å². The molecule has 0 unspecified atom stereocenters. The summed E-state index contributed by atoms with van der Waals surface area (Å²) in [6, 6.07) is 1.59. The highest BCUT2D eigenvalue weighted by molar-refractivity contribution is 7.18. The summed E-state index contributed by atoms with van der Waals surface area (Å²) in [5.41, 5.74) is 0.232. The lowest BCUT2D eigenvalue weighted by Crippen LogP contribution is -2.08. The van der Waals surface area contributed by atoms with Crippen molar-refractivity contribution in [2.24, 2.45) is 0 Å². The van der Waals surface area contributed by atoms with Gasteiger partial charge in [0.15, 0.2) is 0 Å². The van der Waals surface area contributed by atoms with Gasteiger partial charge in [-0.25, -0.2) is 9.59 Å². The van der Waals surface area contributed by atoms with E-state index in [1.54, 1.807) is 6.07 Å². The van der Waals surface area contributed by atoms with Crippen molar-refractivity contribution >= 4 is 28.3 Å². The van der Waals surface area contributed by atoms with E-state index >= 15 is 0 Å². The van der Waals surface area contributed by atoms with Crippen LogP contribution in [0.5, 0.6) is 0 Å². The van der Waals surface area contributed by atoms with Gasteiger partial charge >= 0.3 is 11.9 Å². The first-order valence-corrected chi connectivity index (χ1v) is 5.50. The zero-order chi connectivity index (χ0) is 12.1. The second kappa shape index (κ2) is 5.50. The number of hydrogen-bond acceptors (Lipinski definition) is 6. The fraction of sp³-hybridized carbons (Fsp3) is 0.400. The van der Waals surface area contributed by atoms with Crippen molar-refractivity contribution in [3.8, 4) is 0 Å². The Bertz CT molecular complexity index is 366. The molecule has 0 aliphatic carbocycles. The van der Waals surface area contributed by atoms with Crippen LogP contribution in [0.25, 0.3) is 0 Å². The summed E-state index contributed by atoms with van der Waals surface area (Å²) in [6.45, 7) is 2.64. The third kappa shape index (κ3) is 2.52. The Morgan fingerprint density at radius 3 is 2.44 bits per heavy atom. The highest BCUT2D eigenvalue weighted by Gasteiger charge is 2.22. The van der Waals surface area contributed by atoms with E-state index in [0.717, 1.165) is 5.00 Å². The number of carbonyl (C=O) groups is 2. The molecule has 6 heteroatoms. The minimum Gasteiger partial charge on any atom is -0.465 e. The molecule has 0 aliphatic heterocycles. The Morgan fingerprint density at radius 2 is 1.94 bits per heavy atom. The molecule has 0 aromatic carbocycles. The minimum absolute atomic E-state index is 0.232. The normalized spacial score (nSPS) is 9.69. The molecule has 0 saturated heterocycles. The maximum absolute atomic E-state index is 11.4. The molecule has 0 atom stereocenters. The van der Waals surface area contributed by atoms with Crippen molar-refractivity contribution in [2.75, 3.05) is 26.1 Å². The van der Waals surface area contributed by atoms with Crippen molar-refractivity contribution in [3.05, 3.63) is 16.5 Å². The summed E-state index contributed by atoms with van der Waals surface area (Å²) in [7, 11) is 2.55. The lowest BCUT2D eigenvalue weighted by molar-refractivity contribution is 0.0560. The van der Waals surface area contributed by atoms with Gasteiger partial charge in [0.05, 0.1) is 24.8 Å². The molecule has 1 aromatic rings. The van der Waals surface area contributed by atoms with E-state index in [9.17, 15) is 9.59 Å². The molecular formula is C10H13NO4S. The molecule has 88 valence electrons. The van der Waals surface area contributed by atoms with Crippen molar-refractivity contribution in [1.82, 2.24) is 0 Å². The minimum atomic E-state index is -0.541. The number of methoxy groups -OCH3 is 2. The molecule has 1 rings (SSSR count). The van der Waals surface area contributed by atoms with E-state index < -0.39 is 11.9 Å². The molecular weight excluding hydrogens is 230 g/mol. The molecule has 0 radical (unpaired) electrons. The summed E-state index contributed by atoms with van der Waals surface area (Å²) < 4.78 is 9.19. The number of nitrogens with one attached hydrogen (secondary N) is 1. The second-order valence-electron chi connectivity index (χ2n) is 2.87. The van der Waals surface area contributed by atoms with E-state index in [1.165, 1.54) is 25.6 Å². The molecule has 5 nitrogen and oxygen atoms in total. The van der Waals surface area contributed by atoms with Gasteiger partial charge in [-0.05, 0) is 13.0 Å². The largest absolute Gasteiger partial charge is 0.465 e. The van der Waals surface area contributed by atoms with Gasteiger partial charge in [-0.15, -0.1) is 11.3 Å². The van der Waals surface area contributed by atoms with Gasteiger partial charge in [0.25, 0.3) is 0 Å². The Labute approximate surface area is 97.4 Å². The first-order valence-electron chi connectivity index (χ1n) is 4.68. The molecule has 0 saturated carbocycles. The van der Waals surface area contributed by atoms with E-state index in [4.69, 9.17) is 0 Å². The number of rotatable bonds is 4. The Morgan fingerprint density at radius 1 is 1.31 bits per heavy atom. The number of anilines is 1. The van der Waals surface area contributed by atoms with Crippen LogP contribution in [0.15, 0.2) is 6.07 Å². The van der Waals surface area contributed by atoms with Crippen LogP contribution in [0.3, 0.4) is 0 Å². The summed E-state index contributed by atoms with van der Waals surface area (Å²) >= 11 is 1.17. The van der Waals surface area contributed by atoms with Gasteiger partial charge in [-0.3, -0.25) is 0 Å². The van der Waals surface area contributed by atoms with E-state index in [0.29, 0.717) is 6.54 Å². The quantitative estimate of drug-likeness (QED) is 0.816. The third-order valence-corrected chi connectivity index (χ3v) is 2.93. The van der Waals surface area contributed by atoms with Crippen LogP contribution in [0, 0.1) is 0 Å². The standard InChI is InChI=1S/C10H13NO4S/c1-4-11-7-5-6(9(12)14-2)8(16-7)10(13)15-3/h5,11H,4H2,1-3H3. The Kier molecular flexibility index (Phi) is 4.30. The predicted octanol–water partition coefficient (Wildman–Crippen LogP) is 1.75.